The Morgan fingerprint density at radius 2 is 2.38 bits per heavy atom. The number of oxime groups is 1. The highest BCUT2D eigenvalue weighted by atomic mass is 16.5. The lowest BCUT2D eigenvalue weighted by Crippen LogP contribution is -2.48. The third kappa shape index (κ3) is 2.65. The molecule has 0 aromatic heterocycles. The molecule has 2 atom stereocenters. The average Bonchev–Trinajstić information content (AvgIpc) is 2.77. The van der Waals surface area contributed by atoms with Crippen LogP contribution in [0.3, 0.4) is 0 Å². The van der Waals surface area contributed by atoms with Crippen LogP contribution in [0.25, 0.3) is 0 Å². The first-order valence-electron chi connectivity index (χ1n) is 6.13. The Bertz CT molecular complexity index is 258. The minimum atomic E-state index is 0.330. The molecule has 1 heterocycles. The van der Waals surface area contributed by atoms with Crippen molar-refractivity contribution in [2.24, 2.45) is 10.9 Å². The molecule has 2 unspecified atom stereocenters. The van der Waals surface area contributed by atoms with Gasteiger partial charge in [-0.2, -0.15) is 0 Å². The van der Waals surface area contributed by atoms with E-state index in [2.05, 4.69) is 10.1 Å². The zero-order valence-corrected chi connectivity index (χ0v) is 9.64. The summed E-state index contributed by atoms with van der Waals surface area (Å²) in [5.41, 5.74) is 5.45. The normalized spacial score (nSPS) is 31.6. The molecule has 16 heavy (non-hydrogen) atoms. The van der Waals surface area contributed by atoms with Gasteiger partial charge in [-0.3, -0.25) is 4.90 Å². The molecule has 2 rings (SSSR count). The van der Waals surface area contributed by atoms with Crippen molar-refractivity contribution < 1.29 is 9.94 Å². The summed E-state index contributed by atoms with van der Waals surface area (Å²) in [6.07, 6.45) is 5.84. The van der Waals surface area contributed by atoms with Crippen LogP contribution < -0.4 is 5.73 Å². The first kappa shape index (κ1) is 11.7. The fraction of sp³-hybridized carbons (Fsp3) is 0.909. The highest BCUT2D eigenvalue weighted by Gasteiger charge is 2.35. The fourth-order valence-corrected chi connectivity index (χ4v) is 2.80. The molecule has 0 amide bonds. The Labute approximate surface area is 96.2 Å². The van der Waals surface area contributed by atoms with Crippen LogP contribution in [0.4, 0.5) is 0 Å². The smallest absolute Gasteiger partial charge is 0.139 e. The predicted molar refractivity (Wildman–Crippen MR) is 61.6 cm³/mol. The second-order valence-electron chi connectivity index (χ2n) is 4.64. The molecule has 92 valence electrons. The van der Waals surface area contributed by atoms with Gasteiger partial charge >= 0.3 is 0 Å². The van der Waals surface area contributed by atoms with Crippen molar-refractivity contribution in [2.75, 3.05) is 19.7 Å². The number of amidine groups is 1. The van der Waals surface area contributed by atoms with Crippen molar-refractivity contribution in [3.8, 4) is 0 Å². The van der Waals surface area contributed by atoms with Crippen LogP contribution in [0, 0.1) is 0 Å². The summed E-state index contributed by atoms with van der Waals surface area (Å²) in [7, 11) is 0. The molecule has 5 nitrogen and oxygen atoms in total. The SMILES string of the molecule is NC(CCCN1CCOC2CCCC21)=NO. The van der Waals surface area contributed by atoms with E-state index in [-0.39, 0.29) is 0 Å². The van der Waals surface area contributed by atoms with Gasteiger partial charge in [-0.15, -0.1) is 0 Å². The number of hydrogen-bond donors (Lipinski definition) is 2. The topological polar surface area (TPSA) is 71.1 Å². The van der Waals surface area contributed by atoms with Crippen LogP contribution in [0.2, 0.25) is 0 Å². The van der Waals surface area contributed by atoms with Crippen LogP contribution in [0.1, 0.15) is 32.1 Å². The zero-order valence-electron chi connectivity index (χ0n) is 9.64. The molecule has 1 aliphatic carbocycles. The Kier molecular flexibility index (Phi) is 4.01. The third-order valence-corrected chi connectivity index (χ3v) is 3.60. The highest BCUT2D eigenvalue weighted by molar-refractivity contribution is 5.79. The Morgan fingerprint density at radius 3 is 3.19 bits per heavy atom. The van der Waals surface area contributed by atoms with Crippen molar-refractivity contribution in [3.63, 3.8) is 0 Å². The Balaban J connectivity index is 1.76. The summed E-state index contributed by atoms with van der Waals surface area (Å²) in [6.45, 7) is 2.91. The maximum Gasteiger partial charge on any atom is 0.139 e. The fourth-order valence-electron chi connectivity index (χ4n) is 2.80. The molecule has 1 saturated carbocycles. The molecule has 0 aromatic rings. The predicted octanol–water partition coefficient (Wildman–Crippen LogP) is 0.766. The van der Waals surface area contributed by atoms with E-state index in [0.29, 0.717) is 24.4 Å². The van der Waals surface area contributed by atoms with Gasteiger partial charge in [0.15, 0.2) is 0 Å². The molecule has 0 spiro atoms. The van der Waals surface area contributed by atoms with Crippen molar-refractivity contribution in [2.45, 2.75) is 44.2 Å². The molecular formula is C11H21N3O2. The lowest BCUT2D eigenvalue weighted by molar-refractivity contribution is -0.0555. The number of hydrogen-bond acceptors (Lipinski definition) is 4. The van der Waals surface area contributed by atoms with Crippen LogP contribution in [0.15, 0.2) is 5.16 Å². The first-order valence-corrected chi connectivity index (χ1v) is 6.13. The first-order chi connectivity index (χ1) is 7.81. The quantitative estimate of drug-likeness (QED) is 0.322. The molecule has 2 fully saturated rings. The minimum Gasteiger partial charge on any atom is -0.409 e. The van der Waals surface area contributed by atoms with Crippen LogP contribution >= 0.6 is 0 Å². The van der Waals surface area contributed by atoms with Crippen molar-refractivity contribution in [3.05, 3.63) is 0 Å². The van der Waals surface area contributed by atoms with Gasteiger partial charge in [0.1, 0.15) is 5.84 Å². The maximum atomic E-state index is 8.45. The molecule has 2 aliphatic rings. The summed E-state index contributed by atoms with van der Waals surface area (Å²) in [4.78, 5) is 2.51. The van der Waals surface area contributed by atoms with Gasteiger partial charge in [-0.1, -0.05) is 5.16 Å². The van der Waals surface area contributed by atoms with Gasteiger partial charge in [0, 0.05) is 19.0 Å². The standard InChI is InChI=1S/C11H21N3O2/c12-11(13-15)5-2-6-14-7-8-16-10-4-1-3-9(10)14/h9-10,15H,1-8H2,(H2,12,13). The van der Waals surface area contributed by atoms with Gasteiger partial charge < -0.3 is 15.7 Å². The van der Waals surface area contributed by atoms with Gasteiger partial charge in [-0.05, 0) is 32.2 Å². The summed E-state index contributed by atoms with van der Waals surface area (Å²) in [6, 6.07) is 0.612. The molecule has 0 radical (unpaired) electrons. The molecule has 1 aliphatic heterocycles. The Hall–Kier alpha value is -0.810. The lowest BCUT2D eigenvalue weighted by atomic mass is 10.1. The number of rotatable bonds is 4. The van der Waals surface area contributed by atoms with Gasteiger partial charge in [-0.25, -0.2) is 0 Å². The molecule has 5 heteroatoms. The van der Waals surface area contributed by atoms with Crippen LogP contribution in [-0.4, -0.2) is 47.8 Å². The van der Waals surface area contributed by atoms with Crippen molar-refractivity contribution in [1.29, 1.82) is 0 Å². The van der Waals surface area contributed by atoms with Crippen LogP contribution in [0.5, 0.6) is 0 Å². The van der Waals surface area contributed by atoms with Gasteiger partial charge in [0.25, 0.3) is 0 Å². The third-order valence-electron chi connectivity index (χ3n) is 3.60. The van der Waals surface area contributed by atoms with E-state index in [1.807, 2.05) is 0 Å². The van der Waals surface area contributed by atoms with E-state index in [0.717, 1.165) is 26.1 Å². The van der Waals surface area contributed by atoms with Crippen molar-refractivity contribution in [1.82, 2.24) is 4.90 Å². The second-order valence-corrected chi connectivity index (χ2v) is 4.64. The van der Waals surface area contributed by atoms with Gasteiger partial charge in [0.2, 0.25) is 0 Å². The van der Waals surface area contributed by atoms with E-state index < -0.39 is 0 Å². The number of nitrogens with two attached hydrogens (primary N) is 1. The highest BCUT2D eigenvalue weighted by Crippen LogP contribution is 2.29. The largest absolute Gasteiger partial charge is 0.409 e. The van der Waals surface area contributed by atoms with Crippen LogP contribution in [-0.2, 0) is 4.74 Å². The van der Waals surface area contributed by atoms with E-state index in [4.69, 9.17) is 15.7 Å². The molecular weight excluding hydrogens is 206 g/mol. The summed E-state index contributed by atoms with van der Waals surface area (Å²) < 4.78 is 5.75. The van der Waals surface area contributed by atoms with E-state index >= 15 is 0 Å². The molecule has 0 bridgehead atoms. The monoisotopic (exact) mass is 227 g/mol. The average molecular weight is 227 g/mol. The number of nitrogens with zero attached hydrogens (tertiary/aromatic N) is 2. The van der Waals surface area contributed by atoms with Gasteiger partial charge in [0.05, 0.1) is 12.7 Å². The van der Waals surface area contributed by atoms with E-state index in [1.165, 1.54) is 19.3 Å². The number of fused-ring (bicyclic) bond motifs is 1. The minimum absolute atomic E-state index is 0.330. The van der Waals surface area contributed by atoms with E-state index in [1.54, 1.807) is 0 Å². The summed E-state index contributed by atoms with van der Waals surface area (Å²) in [5, 5.41) is 11.4. The maximum absolute atomic E-state index is 8.45. The summed E-state index contributed by atoms with van der Waals surface area (Å²) >= 11 is 0. The molecule has 3 N–H and O–H groups in total. The van der Waals surface area contributed by atoms with E-state index in [9.17, 15) is 0 Å². The zero-order chi connectivity index (χ0) is 11.4. The molecule has 0 aromatic carbocycles. The number of ether oxygens (including phenoxy) is 1. The molecule has 1 saturated heterocycles. The lowest BCUT2D eigenvalue weighted by Gasteiger charge is -2.37. The number of morpholine rings is 1. The van der Waals surface area contributed by atoms with Crippen molar-refractivity contribution >= 4 is 5.84 Å². The second kappa shape index (κ2) is 5.50. The Morgan fingerprint density at radius 1 is 1.50 bits per heavy atom. The summed E-state index contributed by atoms with van der Waals surface area (Å²) in [5.74, 6) is 0.330.